The second-order valence-corrected chi connectivity index (χ2v) is 6.17. The summed E-state index contributed by atoms with van der Waals surface area (Å²) in [7, 11) is 0. The van der Waals surface area contributed by atoms with E-state index < -0.39 is 0 Å². The Kier molecular flexibility index (Phi) is 7.29. The Hall–Kier alpha value is -0.540. The molecule has 1 unspecified atom stereocenters. The van der Waals surface area contributed by atoms with Gasteiger partial charge in [-0.15, -0.1) is 0 Å². The van der Waals surface area contributed by atoms with Crippen molar-refractivity contribution in [3.05, 3.63) is 30.1 Å². The van der Waals surface area contributed by atoms with E-state index in [0.717, 1.165) is 18.7 Å². The number of nitrogens with zero attached hydrogens (tertiary/aromatic N) is 1. The topological polar surface area (TPSA) is 24.9 Å². The highest BCUT2D eigenvalue weighted by atomic mass is 32.2. The third-order valence-corrected chi connectivity index (χ3v) is 3.76. The normalized spacial score (nSPS) is 12.9. The van der Waals surface area contributed by atoms with Gasteiger partial charge in [-0.2, -0.15) is 11.8 Å². The number of rotatable bonds is 8. The lowest BCUT2D eigenvalue weighted by Crippen LogP contribution is -2.34. The molecule has 1 heterocycles. The van der Waals surface area contributed by atoms with Gasteiger partial charge in [0, 0.05) is 30.1 Å². The van der Waals surface area contributed by atoms with Crippen LogP contribution in [-0.2, 0) is 6.42 Å². The minimum atomic E-state index is 0.539. The molecule has 1 N–H and O–H groups in total. The Bertz CT molecular complexity index is 288. The molecule has 0 amide bonds. The van der Waals surface area contributed by atoms with Gasteiger partial charge < -0.3 is 5.32 Å². The van der Waals surface area contributed by atoms with E-state index in [2.05, 4.69) is 43.2 Å². The van der Waals surface area contributed by atoms with Crippen molar-refractivity contribution >= 4 is 11.8 Å². The summed E-state index contributed by atoms with van der Waals surface area (Å²) in [6.07, 6.45) is 4.09. The van der Waals surface area contributed by atoms with Crippen LogP contribution in [0.1, 0.15) is 32.9 Å². The van der Waals surface area contributed by atoms with Crippen LogP contribution in [0.3, 0.4) is 0 Å². The molecule has 1 rings (SSSR count). The van der Waals surface area contributed by atoms with E-state index in [0.29, 0.717) is 11.3 Å². The molecule has 0 saturated heterocycles. The van der Waals surface area contributed by atoms with E-state index >= 15 is 0 Å². The maximum absolute atomic E-state index is 4.40. The maximum atomic E-state index is 4.40. The molecule has 2 nitrogen and oxygen atoms in total. The highest BCUT2D eigenvalue weighted by Crippen LogP contribution is 2.13. The van der Waals surface area contributed by atoms with Crippen LogP contribution in [0.2, 0.25) is 0 Å². The predicted molar refractivity (Wildman–Crippen MR) is 77.6 cm³/mol. The van der Waals surface area contributed by atoms with E-state index in [1.165, 1.54) is 12.1 Å². The van der Waals surface area contributed by atoms with Crippen LogP contribution in [0.4, 0.5) is 0 Å². The number of pyridine rings is 1. The van der Waals surface area contributed by atoms with Crippen LogP contribution in [-0.4, -0.2) is 28.6 Å². The van der Waals surface area contributed by atoms with E-state index in [1.54, 1.807) is 0 Å². The van der Waals surface area contributed by atoms with E-state index in [4.69, 9.17) is 0 Å². The van der Waals surface area contributed by atoms with Crippen molar-refractivity contribution < 1.29 is 0 Å². The van der Waals surface area contributed by atoms with Crippen molar-refractivity contribution in [2.24, 2.45) is 0 Å². The minimum Gasteiger partial charge on any atom is -0.313 e. The summed E-state index contributed by atoms with van der Waals surface area (Å²) in [4.78, 5) is 4.40. The lowest BCUT2D eigenvalue weighted by Gasteiger charge is -2.19. The monoisotopic (exact) mass is 252 g/mol. The quantitative estimate of drug-likeness (QED) is 0.769. The molecule has 0 bridgehead atoms. The van der Waals surface area contributed by atoms with Crippen molar-refractivity contribution in [3.8, 4) is 0 Å². The van der Waals surface area contributed by atoms with Crippen molar-refractivity contribution in [2.45, 2.75) is 44.9 Å². The largest absolute Gasteiger partial charge is 0.313 e. The van der Waals surface area contributed by atoms with Gasteiger partial charge in [0.2, 0.25) is 0 Å². The summed E-state index contributed by atoms with van der Waals surface area (Å²) >= 11 is 2.02. The predicted octanol–water partition coefficient (Wildman–Crippen LogP) is 3.13. The molecular formula is C14H24N2S. The molecule has 1 atom stereocenters. The van der Waals surface area contributed by atoms with Crippen LogP contribution >= 0.6 is 11.8 Å². The molecule has 96 valence electrons. The summed E-state index contributed by atoms with van der Waals surface area (Å²) in [6.45, 7) is 7.81. The maximum Gasteiger partial charge on any atom is 0.0419 e. The Morgan fingerprint density at radius 3 is 2.76 bits per heavy atom. The second-order valence-electron chi connectivity index (χ2n) is 4.56. The molecule has 0 spiro atoms. The van der Waals surface area contributed by atoms with Crippen molar-refractivity contribution in [2.75, 3.05) is 12.3 Å². The first-order valence-corrected chi connectivity index (χ1v) is 7.52. The number of thioether (sulfide) groups is 1. The smallest absolute Gasteiger partial charge is 0.0419 e. The summed E-state index contributed by atoms with van der Waals surface area (Å²) in [5.41, 5.74) is 1.19. The standard InChI is InChI=1S/C14H24N2S/c1-4-8-15-14(11-17-12(2)3)10-13-7-5-6-9-16-13/h5-7,9,12,14-15H,4,8,10-11H2,1-3H3. The molecule has 1 aromatic heterocycles. The zero-order chi connectivity index (χ0) is 12.5. The average molecular weight is 252 g/mol. The molecule has 0 saturated carbocycles. The van der Waals surface area contributed by atoms with Gasteiger partial charge in [0.1, 0.15) is 0 Å². The fourth-order valence-electron chi connectivity index (χ4n) is 1.62. The highest BCUT2D eigenvalue weighted by Gasteiger charge is 2.10. The first-order chi connectivity index (χ1) is 8.22. The average Bonchev–Trinajstić information content (AvgIpc) is 2.34. The summed E-state index contributed by atoms with van der Waals surface area (Å²) in [5.74, 6) is 1.16. The number of hydrogen-bond acceptors (Lipinski definition) is 3. The Morgan fingerprint density at radius 2 is 2.18 bits per heavy atom. The summed E-state index contributed by atoms with van der Waals surface area (Å²) in [5, 5.41) is 4.31. The first kappa shape index (κ1) is 14.5. The van der Waals surface area contributed by atoms with Gasteiger partial charge in [-0.05, 0) is 30.3 Å². The van der Waals surface area contributed by atoms with Gasteiger partial charge in [-0.25, -0.2) is 0 Å². The van der Waals surface area contributed by atoms with Gasteiger partial charge in [0.05, 0.1) is 0 Å². The Balaban J connectivity index is 2.44. The molecule has 0 aliphatic carbocycles. The fourth-order valence-corrected chi connectivity index (χ4v) is 2.47. The van der Waals surface area contributed by atoms with Gasteiger partial charge >= 0.3 is 0 Å². The highest BCUT2D eigenvalue weighted by molar-refractivity contribution is 7.99. The van der Waals surface area contributed by atoms with Gasteiger partial charge in [0.25, 0.3) is 0 Å². The van der Waals surface area contributed by atoms with Crippen molar-refractivity contribution in [1.82, 2.24) is 10.3 Å². The second kappa shape index (κ2) is 8.54. The van der Waals surface area contributed by atoms with E-state index in [-0.39, 0.29) is 0 Å². The number of hydrogen-bond donors (Lipinski definition) is 1. The van der Waals surface area contributed by atoms with Crippen LogP contribution in [0.25, 0.3) is 0 Å². The third-order valence-electron chi connectivity index (χ3n) is 2.50. The van der Waals surface area contributed by atoms with Crippen LogP contribution in [0.15, 0.2) is 24.4 Å². The molecule has 3 heteroatoms. The molecule has 1 aromatic rings. The molecule has 0 aromatic carbocycles. The molecule has 0 fully saturated rings. The lowest BCUT2D eigenvalue weighted by molar-refractivity contribution is 0.545. The Morgan fingerprint density at radius 1 is 1.35 bits per heavy atom. The van der Waals surface area contributed by atoms with E-state index in [1.807, 2.05) is 24.0 Å². The molecule has 0 radical (unpaired) electrons. The van der Waals surface area contributed by atoms with Gasteiger partial charge in [-0.3, -0.25) is 4.98 Å². The third kappa shape index (κ3) is 6.69. The number of nitrogens with one attached hydrogen (secondary N) is 1. The zero-order valence-electron chi connectivity index (χ0n) is 11.1. The van der Waals surface area contributed by atoms with Gasteiger partial charge in [0.15, 0.2) is 0 Å². The van der Waals surface area contributed by atoms with Crippen LogP contribution in [0.5, 0.6) is 0 Å². The molecule has 0 aliphatic rings. The first-order valence-electron chi connectivity index (χ1n) is 6.47. The molecular weight excluding hydrogens is 228 g/mol. The molecule has 0 aliphatic heterocycles. The van der Waals surface area contributed by atoms with Crippen LogP contribution in [0, 0.1) is 0 Å². The Labute approximate surface area is 110 Å². The lowest BCUT2D eigenvalue weighted by atomic mass is 10.1. The SMILES string of the molecule is CCCNC(CSC(C)C)Cc1ccccn1. The molecule has 17 heavy (non-hydrogen) atoms. The van der Waals surface area contributed by atoms with E-state index in [9.17, 15) is 0 Å². The van der Waals surface area contributed by atoms with Gasteiger partial charge in [-0.1, -0.05) is 26.8 Å². The summed E-state index contributed by atoms with van der Waals surface area (Å²) in [6, 6.07) is 6.69. The summed E-state index contributed by atoms with van der Waals surface area (Å²) < 4.78 is 0. The van der Waals surface area contributed by atoms with Crippen LogP contribution < -0.4 is 5.32 Å². The fraction of sp³-hybridized carbons (Fsp3) is 0.643. The zero-order valence-corrected chi connectivity index (χ0v) is 12.0. The van der Waals surface area contributed by atoms with Crippen molar-refractivity contribution in [1.29, 1.82) is 0 Å². The minimum absolute atomic E-state index is 0.539. The number of aromatic nitrogens is 1. The van der Waals surface area contributed by atoms with Crippen molar-refractivity contribution in [3.63, 3.8) is 0 Å².